The van der Waals surface area contributed by atoms with Gasteiger partial charge in [-0.2, -0.15) is 0 Å². The molecule has 0 aromatic rings. The Hall–Kier alpha value is -0.340. The van der Waals surface area contributed by atoms with Gasteiger partial charge in [-0.3, -0.25) is 0 Å². The van der Waals surface area contributed by atoms with Gasteiger partial charge < -0.3 is 10.2 Å². The van der Waals surface area contributed by atoms with Gasteiger partial charge in [0.05, 0.1) is 13.2 Å². The Morgan fingerprint density at radius 1 is 1.44 bits per heavy atom. The van der Waals surface area contributed by atoms with E-state index in [-0.39, 0.29) is 18.6 Å². The van der Waals surface area contributed by atoms with Gasteiger partial charge in [0.25, 0.3) is 0 Å². The van der Waals surface area contributed by atoms with Gasteiger partial charge in [-0.05, 0) is 6.42 Å². The van der Waals surface area contributed by atoms with Crippen molar-refractivity contribution in [2.24, 2.45) is 5.41 Å². The molecule has 0 aromatic heterocycles. The largest absolute Gasteiger partial charge is 0.396 e. The lowest BCUT2D eigenvalue weighted by molar-refractivity contribution is 0.0727. The lowest BCUT2D eigenvalue weighted by Gasteiger charge is -2.21. The van der Waals surface area contributed by atoms with E-state index < -0.39 is 0 Å². The molecule has 0 bridgehead atoms. The molecule has 2 nitrogen and oxygen atoms in total. The minimum Gasteiger partial charge on any atom is -0.396 e. The van der Waals surface area contributed by atoms with Crippen molar-refractivity contribution in [3.05, 3.63) is 12.7 Å². The van der Waals surface area contributed by atoms with Crippen LogP contribution in [0.5, 0.6) is 0 Å². The molecule has 2 heteroatoms. The van der Waals surface area contributed by atoms with Gasteiger partial charge in [-0.25, -0.2) is 0 Å². The first-order valence-corrected chi connectivity index (χ1v) is 3.01. The lowest BCUT2D eigenvalue weighted by atomic mass is 9.89. The van der Waals surface area contributed by atoms with Gasteiger partial charge in [0.1, 0.15) is 0 Å². The van der Waals surface area contributed by atoms with Crippen molar-refractivity contribution in [1.82, 2.24) is 0 Å². The maximum atomic E-state index is 8.71. The fraction of sp³-hybridized carbons (Fsp3) is 0.714. The third kappa shape index (κ3) is 2.63. The zero-order valence-corrected chi connectivity index (χ0v) is 5.80. The molecule has 0 saturated carbocycles. The highest BCUT2D eigenvalue weighted by molar-refractivity contribution is 4.81. The van der Waals surface area contributed by atoms with E-state index in [0.29, 0.717) is 6.42 Å². The molecule has 0 atom stereocenters. The molecule has 0 amide bonds. The van der Waals surface area contributed by atoms with E-state index in [1.165, 1.54) is 0 Å². The molecule has 54 valence electrons. The zero-order chi connectivity index (χ0) is 7.33. The van der Waals surface area contributed by atoms with Gasteiger partial charge >= 0.3 is 0 Å². The van der Waals surface area contributed by atoms with Gasteiger partial charge in [0, 0.05) is 5.41 Å². The molecule has 2 N–H and O–H groups in total. The molecular weight excluding hydrogens is 116 g/mol. The number of allylic oxidation sites excluding steroid dienone is 1. The molecule has 0 aliphatic heterocycles. The minimum atomic E-state index is -0.373. The van der Waals surface area contributed by atoms with Crippen LogP contribution in [0, 0.1) is 5.41 Å². The Labute approximate surface area is 55.8 Å². The Balaban J connectivity index is 3.75. The summed E-state index contributed by atoms with van der Waals surface area (Å²) in [4.78, 5) is 0. The first-order chi connectivity index (χ1) is 4.18. The molecule has 0 rings (SSSR count). The van der Waals surface area contributed by atoms with Gasteiger partial charge in [-0.1, -0.05) is 13.0 Å². The van der Waals surface area contributed by atoms with Crippen LogP contribution in [0.25, 0.3) is 0 Å². The molecule has 0 aliphatic rings. The summed E-state index contributed by atoms with van der Waals surface area (Å²) in [6.07, 6.45) is 2.35. The summed E-state index contributed by atoms with van der Waals surface area (Å²) in [5.74, 6) is 0. The predicted molar refractivity (Wildman–Crippen MR) is 37.1 cm³/mol. The summed E-state index contributed by atoms with van der Waals surface area (Å²) in [6.45, 7) is 5.35. The monoisotopic (exact) mass is 130 g/mol. The van der Waals surface area contributed by atoms with Crippen molar-refractivity contribution >= 4 is 0 Å². The highest BCUT2D eigenvalue weighted by Gasteiger charge is 2.19. The van der Waals surface area contributed by atoms with Crippen molar-refractivity contribution in [1.29, 1.82) is 0 Å². The zero-order valence-electron chi connectivity index (χ0n) is 5.80. The van der Waals surface area contributed by atoms with E-state index >= 15 is 0 Å². The standard InChI is InChI=1S/C7H14O2/c1-3-4-7(2,5-8)6-9/h3,8-9H,1,4-6H2,2H3. The maximum Gasteiger partial charge on any atom is 0.0509 e. The van der Waals surface area contributed by atoms with Crippen LogP contribution in [0.15, 0.2) is 12.7 Å². The van der Waals surface area contributed by atoms with Crippen LogP contribution in [-0.2, 0) is 0 Å². The van der Waals surface area contributed by atoms with Crippen molar-refractivity contribution in [2.45, 2.75) is 13.3 Å². The molecule has 0 aliphatic carbocycles. The van der Waals surface area contributed by atoms with Crippen LogP contribution < -0.4 is 0 Å². The first kappa shape index (κ1) is 8.66. The summed E-state index contributed by atoms with van der Waals surface area (Å²) in [7, 11) is 0. The normalized spacial score (nSPS) is 11.4. The molecule has 0 aromatic carbocycles. The van der Waals surface area contributed by atoms with Crippen molar-refractivity contribution in [2.75, 3.05) is 13.2 Å². The Kier molecular flexibility index (Phi) is 3.50. The molecule has 0 fully saturated rings. The quantitative estimate of drug-likeness (QED) is 0.546. The molecule has 0 saturated heterocycles. The van der Waals surface area contributed by atoms with Crippen LogP contribution in [0.1, 0.15) is 13.3 Å². The summed E-state index contributed by atoms with van der Waals surface area (Å²) >= 11 is 0. The number of hydrogen-bond acceptors (Lipinski definition) is 2. The van der Waals surface area contributed by atoms with Gasteiger partial charge in [0.2, 0.25) is 0 Å². The Morgan fingerprint density at radius 2 is 1.89 bits per heavy atom. The fourth-order valence-electron chi connectivity index (χ4n) is 0.528. The average Bonchev–Trinajstić information content (AvgIpc) is 1.89. The summed E-state index contributed by atoms with van der Waals surface area (Å²) in [5, 5.41) is 17.4. The fourth-order valence-corrected chi connectivity index (χ4v) is 0.528. The number of aliphatic hydroxyl groups is 2. The van der Waals surface area contributed by atoms with E-state index in [1.807, 2.05) is 6.92 Å². The number of rotatable bonds is 4. The second-order valence-corrected chi connectivity index (χ2v) is 2.62. The maximum absolute atomic E-state index is 8.71. The van der Waals surface area contributed by atoms with Gasteiger partial charge in [0.15, 0.2) is 0 Å². The number of hydrogen-bond donors (Lipinski definition) is 2. The van der Waals surface area contributed by atoms with E-state index in [9.17, 15) is 0 Å². The summed E-state index contributed by atoms with van der Waals surface area (Å²) in [5.41, 5.74) is -0.373. The van der Waals surface area contributed by atoms with Crippen LogP contribution >= 0.6 is 0 Å². The van der Waals surface area contributed by atoms with Crippen LogP contribution in [-0.4, -0.2) is 23.4 Å². The average molecular weight is 130 g/mol. The van der Waals surface area contributed by atoms with E-state index in [0.717, 1.165) is 0 Å². The molecule has 9 heavy (non-hydrogen) atoms. The van der Waals surface area contributed by atoms with Crippen molar-refractivity contribution in [3.63, 3.8) is 0 Å². The Morgan fingerprint density at radius 3 is 2.00 bits per heavy atom. The molecule has 0 radical (unpaired) electrons. The second kappa shape index (κ2) is 3.64. The first-order valence-electron chi connectivity index (χ1n) is 3.01. The van der Waals surface area contributed by atoms with Crippen molar-refractivity contribution in [3.8, 4) is 0 Å². The minimum absolute atomic E-state index is 0.00944. The van der Waals surface area contributed by atoms with E-state index in [2.05, 4.69) is 6.58 Å². The lowest BCUT2D eigenvalue weighted by Crippen LogP contribution is -2.24. The van der Waals surface area contributed by atoms with Crippen LogP contribution in [0.2, 0.25) is 0 Å². The molecule has 0 heterocycles. The van der Waals surface area contributed by atoms with Gasteiger partial charge in [-0.15, -0.1) is 6.58 Å². The van der Waals surface area contributed by atoms with Crippen molar-refractivity contribution < 1.29 is 10.2 Å². The van der Waals surface area contributed by atoms with Crippen LogP contribution in [0.3, 0.4) is 0 Å². The topological polar surface area (TPSA) is 40.5 Å². The smallest absolute Gasteiger partial charge is 0.0509 e. The van der Waals surface area contributed by atoms with E-state index in [1.54, 1.807) is 6.08 Å². The Bertz CT molecular complexity index is 84.9. The third-order valence-electron chi connectivity index (χ3n) is 1.40. The third-order valence-corrected chi connectivity index (χ3v) is 1.40. The number of aliphatic hydroxyl groups excluding tert-OH is 2. The SMILES string of the molecule is C=CCC(C)(CO)CO. The summed E-state index contributed by atoms with van der Waals surface area (Å²) < 4.78 is 0. The highest BCUT2D eigenvalue weighted by atomic mass is 16.3. The van der Waals surface area contributed by atoms with E-state index in [4.69, 9.17) is 10.2 Å². The second-order valence-electron chi connectivity index (χ2n) is 2.62. The molecule has 0 unspecified atom stereocenters. The highest BCUT2D eigenvalue weighted by Crippen LogP contribution is 2.18. The molecular formula is C7H14O2. The predicted octanol–water partition coefficient (Wildman–Crippen LogP) is 0.553. The summed E-state index contributed by atoms with van der Waals surface area (Å²) in [6, 6.07) is 0. The molecule has 0 spiro atoms. The van der Waals surface area contributed by atoms with Crippen LogP contribution in [0.4, 0.5) is 0 Å².